The molecule has 0 spiro atoms. The van der Waals surface area contributed by atoms with Crippen LogP contribution in [0.2, 0.25) is 0 Å². The molecule has 2 aromatic heterocycles. The van der Waals surface area contributed by atoms with Crippen LogP contribution in [0.3, 0.4) is 0 Å². The van der Waals surface area contributed by atoms with Gasteiger partial charge in [-0.1, -0.05) is 30.3 Å². The van der Waals surface area contributed by atoms with Crippen molar-refractivity contribution < 1.29 is 0 Å². The minimum absolute atomic E-state index is 0.300. The molecule has 0 saturated heterocycles. The van der Waals surface area contributed by atoms with Crippen LogP contribution in [0.15, 0.2) is 54.1 Å². The van der Waals surface area contributed by atoms with Crippen molar-refractivity contribution in [2.24, 2.45) is 5.18 Å². The number of hydrogen-bond donors (Lipinski definition) is 0. The van der Waals surface area contributed by atoms with E-state index in [0.29, 0.717) is 17.2 Å². The molecular weight excluding hydrogens is 216 g/mol. The molecule has 0 atom stereocenters. The predicted molar refractivity (Wildman–Crippen MR) is 63.9 cm³/mol. The summed E-state index contributed by atoms with van der Waals surface area (Å²) < 4.78 is 1.63. The summed E-state index contributed by atoms with van der Waals surface area (Å²) in [5.41, 5.74) is 2.06. The van der Waals surface area contributed by atoms with Gasteiger partial charge < -0.3 is 0 Å². The number of fused-ring (bicyclic) bond motifs is 1. The molecule has 0 radical (unpaired) electrons. The van der Waals surface area contributed by atoms with Gasteiger partial charge in [-0.15, -0.1) is 4.91 Å². The zero-order chi connectivity index (χ0) is 11.7. The molecule has 5 heteroatoms. The standard InChI is InChI=1S/C12H8N4O/c17-15-12-11(9-4-2-1-3-5-9)14-10-8-13-6-7-16(10)12/h1-8H. The molecule has 82 valence electrons. The summed E-state index contributed by atoms with van der Waals surface area (Å²) in [4.78, 5) is 19.3. The van der Waals surface area contributed by atoms with E-state index in [1.165, 1.54) is 0 Å². The maximum Gasteiger partial charge on any atom is 0.209 e. The van der Waals surface area contributed by atoms with E-state index in [2.05, 4.69) is 15.1 Å². The number of hydrogen-bond acceptors (Lipinski definition) is 4. The zero-order valence-electron chi connectivity index (χ0n) is 8.82. The van der Waals surface area contributed by atoms with Gasteiger partial charge in [0.1, 0.15) is 5.69 Å². The second kappa shape index (κ2) is 3.79. The van der Waals surface area contributed by atoms with E-state index >= 15 is 0 Å². The summed E-state index contributed by atoms with van der Waals surface area (Å²) in [6, 6.07) is 9.49. The maximum atomic E-state index is 10.9. The molecular formula is C12H8N4O. The molecule has 17 heavy (non-hydrogen) atoms. The van der Waals surface area contributed by atoms with Gasteiger partial charge in [-0.25, -0.2) is 4.98 Å². The Hall–Kier alpha value is -2.56. The number of aromatic nitrogens is 3. The van der Waals surface area contributed by atoms with E-state index in [1.54, 1.807) is 23.0 Å². The Bertz CT molecular complexity index is 675. The average Bonchev–Trinajstić information content (AvgIpc) is 2.78. The average molecular weight is 224 g/mol. The molecule has 0 amide bonds. The van der Waals surface area contributed by atoms with Crippen molar-refractivity contribution in [2.45, 2.75) is 0 Å². The van der Waals surface area contributed by atoms with Crippen molar-refractivity contribution in [3.8, 4) is 11.3 Å². The van der Waals surface area contributed by atoms with Crippen LogP contribution in [-0.2, 0) is 0 Å². The summed E-state index contributed by atoms with van der Waals surface area (Å²) >= 11 is 0. The van der Waals surface area contributed by atoms with Crippen molar-refractivity contribution in [3.05, 3.63) is 53.8 Å². The lowest BCUT2D eigenvalue weighted by Crippen LogP contribution is -1.83. The Labute approximate surface area is 96.7 Å². The third-order valence-electron chi connectivity index (χ3n) is 2.54. The van der Waals surface area contributed by atoms with Crippen LogP contribution < -0.4 is 0 Å². The highest BCUT2D eigenvalue weighted by molar-refractivity contribution is 5.74. The van der Waals surface area contributed by atoms with E-state index in [1.807, 2.05) is 30.3 Å². The fraction of sp³-hybridized carbons (Fsp3) is 0. The lowest BCUT2D eigenvalue weighted by atomic mass is 10.1. The van der Waals surface area contributed by atoms with Crippen LogP contribution in [0.5, 0.6) is 0 Å². The largest absolute Gasteiger partial charge is 0.278 e. The number of imidazole rings is 1. The van der Waals surface area contributed by atoms with E-state index in [0.717, 1.165) is 5.56 Å². The number of rotatable bonds is 2. The fourth-order valence-electron chi connectivity index (χ4n) is 1.77. The van der Waals surface area contributed by atoms with E-state index in [-0.39, 0.29) is 0 Å². The minimum Gasteiger partial charge on any atom is -0.278 e. The first-order valence-electron chi connectivity index (χ1n) is 5.11. The molecule has 0 N–H and O–H groups in total. The third-order valence-corrected chi connectivity index (χ3v) is 2.54. The summed E-state index contributed by atoms with van der Waals surface area (Å²) in [7, 11) is 0. The molecule has 3 rings (SSSR count). The van der Waals surface area contributed by atoms with Crippen LogP contribution >= 0.6 is 0 Å². The fourth-order valence-corrected chi connectivity index (χ4v) is 1.77. The lowest BCUT2D eigenvalue weighted by Gasteiger charge is -1.96. The van der Waals surface area contributed by atoms with Crippen molar-refractivity contribution >= 4 is 11.5 Å². The van der Waals surface area contributed by atoms with Gasteiger partial charge in [0, 0.05) is 18.0 Å². The number of nitrogens with zero attached hydrogens (tertiary/aromatic N) is 4. The Kier molecular flexibility index (Phi) is 2.15. The van der Waals surface area contributed by atoms with Crippen LogP contribution in [0.4, 0.5) is 5.82 Å². The monoisotopic (exact) mass is 224 g/mol. The third kappa shape index (κ3) is 1.48. The van der Waals surface area contributed by atoms with Crippen molar-refractivity contribution in [2.75, 3.05) is 0 Å². The first-order valence-corrected chi connectivity index (χ1v) is 5.11. The molecule has 3 aromatic rings. The topological polar surface area (TPSA) is 59.6 Å². The van der Waals surface area contributed by atoms with Crippen molar-refractivity contribution in [1.82, 2.24) is 14.4 Å². The van der Waals surface area contributed by atoms with Gasteiger partial charge in [0.05, 0.1) is 6.20 Å². The molecule has 0 bridgehead atoms. The van der Waals surface area contributed by atoms with Crippen molar-refractivity contribution in [3.63, 3.8) is 0 Å². The van der Waals surface area contributed by atoms with Crippen LogP contribution in [0.1, 0.15) is 0 Å². The highest BCUT2D eigenvalue weighted by Crippen LogP contribution is 2.29. The molecule has 0 unspecified atom stereocenters. The molecule has 0 aliphatic rings. The molecule has 0 aliphatic carbocycles. The Morgan fingerprint density at radius 2 is 2.00 bits per heavy atom. The summed E-state index contributed by atoms with van der Waals surface area (Å²) in [6.07, 6.45) is 4.87. The highest BCUT2D eigenvalue weighted by atomic mass is 16.3. The van der Waals surface area contributed by atoms with Gasteiger partial charge >= 0.3 is 0 Å². The highest BCUT2D eigenvalue weighted by Gasteiger charge is 2.13. The quantitative estimate of drug-likeness (QED) is 0.629. The smallest absolute Gasteiger partial charge is 0.209 e. The predicted octanol–water partition coefficient (Wildman–Crippen LogP) is 2.79. The summed E-state index contributed by atoms with van der Waals surface area (Å²) in [5.74, 6) is 0.300. The summed E-state index contributed by atoms with van der Waals surface area (Å²) in [6.45, 7) is 0. The molecule has 0 saturated carbocycles. The lowest BCUT2D eigenvalue weighted by molar-refractivity contribution is 1.11. The van der Waals surface area contributed by atoms with E-state index in [4.69, 9.17) is 0 Å². The number of benzene rings is 1. The van der Waals surface area contributed by atoms with Crippen molar-refractivity contribution in [1.29, 1.82) is 0 Å². The van der Waals surface area contributed by atoms with E-state index < -0.39 is 0 Å². The van der Waals surface area contributed by atoms with Gasteiger partial charge in [0.2, 0.25) is 5.82 Å². The van der Waals surface area contributed by atoms with Gasteiger partial charge in [-0.2, -0.15) is 0 Å². The second-order valence-corrected chi connectivity index (χ2v) is 3.55. The summed E-state index contributed by atoms with van der Waals surface area (Å²) in [5, 5.41) is 3.06. The number of nitroso groups, excluding NO2 is 1. The maximum absolute atomic E-state index is 10.9. The first-order chi connectivity index (χ1) is 8.40. The van der Waals surface area contributed by atoms with Crippen LogP contribution in [0, 0.1) is 4.91 Å². The SMILES string of the molecule is O=Nc1c(-c2ccccc2)nc2cnccn12. The van der Waals surface area contributed by atoms with E-state index in [9.17, 15) is 4.91 Å². The van der Waals surface area contributed by atoms with Gasteiger partial charge in [-0.05, 0) is 5.18 Å². The molecule has 5 nitrogen and oxygen atoms in total. The second-order valence-electron chi connectivity index (χ2n) is 3.55. The first kappa shape index (κ1) is 9.65. The zero-order valence-corrected chi connectivity index (χ0v) is 8.82. The van der Waals surface area contributed by atoms with Gasteiger partial charge in [0.15, 0.2) is 5.65 Å². The van der Waals surface area contributed by atoms with Crippen LogP contribution in [0.25, 0.3) is 16.9 Å². The Morgan fingerprint density at radius 1 is 1.18 bits per heavy atom. The Morgan fingerprint density at radius 3 is 2.76 bits per heavy atom. The minimum atomic E-state index is 0.300. The molecule has 1 aromatic carbocycles. The van der Waals surface area contributed by atoms with Gasteiger partial charge in [0.25, 0.3) is 0 Å². The normalized spacial score (nSPS) is 10.6. The molecule has 0 aliphatic heterocycles. The van der Waals surface area contributed by atoms with Crippen LogP contribution in [-0.4, -0.2) is 14.4 Å². The molecule has 2 heterocycles. The Balaban J connectivity index is 2.33. The molecule has 0 fully saturated rings. The van der Waals surface area contributed by atoms with Gasteiger partial charge in [-0.3, -0.25) is 9.38 Å².